The Balaban J connectivity index is 1.34. The Morgan fingerprint density at radius 3 is 2.37 bits per heavy atom. The predicted octanol–water partition coefficient (Wildman–Crippen LogP) is 7.95. The van der Waals surface area contributed by atoms with E-state index in [1.54, 1.807) is 12.1 Å². The number of hydrogen-bond acceptors (Lipinski definition) is 3. The summed E-state index contributed by atoms with van der Waals surface area (Å²) in [5, 5.41) is 13.4. The summed E-state index contributed by atoms with van der Waals surface area (Å²) in [4.78, 5) is 11.5. The van der Waals surface area contributed by atoms with Crippen LogP contribution in [0.25, 0.3) is 5.57 Å². The summed E-state index contributed by atoms with van der Waals surface area (Å²) in [5.41, 5.74) is 10.2. The van der Waals surface area contributed by atoms with Gasteiger partial charge in [-0.2, -0.15) is 0 Å². The van der Waals surface area contributed by atoms with Gasteiger partial charge < -0.3 is 16.2 Å². The lowest BCUT2D eigenvalue weighted by Crippen LogP contribution is -2.68. The molecule has 0 radical (unpaired) electrons. The van der Waals surface area contributed by atoms with Crippen LogP contribution in [0.3, 0.4) is 0 Å². The minimum absolute atomic E-state index is 0.0457. The second kappa shape index (κ2) is 9.81. The maximum atomic E-state index is 11.5. The molecule has 0 spiro atoms. The van der Waals surface area contributed by atoms with Gasteiger partial charge in [0.1, 0.15) is 0 Å². The molecule has 0 bridgehead atoms. The number of allylic oxidation sites excluding steroid dienone is 3. The highest BCUT2D eigenvalue weighted by Crippen LogP contribution is 2.76. The van der Waals surface area contributed by atoms with E-state index in [9.17, 15) is 9.90 Å². The van der Waals surface area contributed by atoms with Crippen LogP contribution in [0.2, 0.25) is 0 Å². The van der Waals surface area contributed by atoms with Crippen molar-refractivity contribution in [2.75, 3.05) is 13.1 Å². The molecular weight excluding hydrogens is 504 g/mol. The Kier molecular flexibility index (Phi) is 6.98. The van der Waals surface area contributed by atoms with E-state index in [0.29, 0.717) is 40.7 Å². The Morgan fingerprint density at radius 2 is 1.71 bits per heavy atom. The number of hydrogen-bond donors (Lipinski definition) is 3. The van der Waals surface area contributed by atoms with E-state index in [2.05, 4.69) is 58.7 Å². The van der Waals surface area contributed by atoms with Crippen molar-refractivity contribution in [1.82, 2.24) is 5.32 Å². The number of carboxylic acids is 1. The number of rotatable bonds is 6. The molecule has 4 saturated carbocycles. The Bertz CT molecular complexity index is 1230. The van der Waals surface area contributed by atoms with Gasteiger partial charge in [-0.05, 0) is 132 Å². The van der Waals surface area contributed by atoms with Gasteiger partial charge in [0.2, 0.25) is 0 Å². The Morgan fingerprint density at radius 1 is 0.976 bits per heavy atom. The van der Waals surface area contributed by atoms with Crippen LogP contribution in [0, 0.1) is 51.2 Å². The van der Waals surface area contributed by atoms with Crippen molar-refractivity contribution in [3.05, 3.63) is 54.1 Å². The van der Waals surface area contributed by atoms with Crippen LogP contribution in [0.5, 0.6) is 0 Å². The zero-order chi connectivity index (χ0) is 29.4. The SMILES string of the molecule is C=C[C@@H]1CC[C@]2(NCCN)CC[C@]3(C)[C@H](CC[C@@H]4[C@@]5(C)CC=C(c6ccc(C(=O)O)cc6)C(C)(C)[C@@H]5CC[C@]43C)[C@@H]12. The second-order valence-corrected chi connectivity index (χ2v) is 15.9. The lowest BCUT2D eigenvalue weighted by atomic mass is 9.33. The molecule has 4 fully saturated rings. The molecule has 0 unspecified atom stereocenters. The summed E-state index contributed by atoms with van der Waals surface area (Å²) in [7, 11) is 0. The van der Waals surface area contributed by atoms with E-state index in [1.165, 1.54) is 62.5 Å². The molecule has 224 valence electrons. The molecule has 0 saturated heterocycles. The molecule has 5 aliphatic carbocycles. The van der Waals surface area contributed by atoms with Crippen molar-refractivity contribution in [3.63, 3.8) is 0 Å². The third-order valence-corrected chi connectivity index (χ3v) is 14.4. The van der Waals surface area contributed by atoms with Crippen molar-refractivity contribution in [3.8, 4) is 0 Å². The summed E-state index contributed by atoms with van der Waals surface area (Å²) >= 11 is 0. The fourth-order valence-electron chi connectivity index (χ4n) is 12.4. The van der Waals surface area contributed by atoms with Crippen LogP contribution in [-0.2, 0) is 0 Å². The fourth-order valence-corrected chi connectivity index (χ4v) is 12.4. The number of nitrogens with one attached hydrogen (secondary N) is 1. The molecule has 4 nitrogen and oxygen atoms in total. The first kappa shape index (κ1) is 29.2. The molecule has 41 heavy (non-hydrogen) atoms. The molecule has 4 heteroatoms. The van der Waals surface area contributed by atoms with Crippen LogP contribution in [0.4, 0.5) is 0 Å². The van der Waals surface area contributed by atoms with E-state index >= 15 is 0 Å². The normalized spacial score (nSPS) is 44.5. The quantitative estimate of drug-likeness (QED) is 0.310. The highest BCUT2D eigenvalue weighted by atomic mass is 16.4. The first-order valence-corrected chi connectivity index (χ1v) is 16.5. The van der Waals surface area contributed by atoms with Crippen LogP contribution in [0.1, 0.15) is 108 Å². The lowest BCUT2D eigenvalue weighted by Gasteiger charge is -2.72. The van der Waals surface area contributed by atoms with Crippen LogP contribution >= 0.6 is 0 Å². The molecule has 0 aliphatic heterocycles. The molecule has 4 N–H and O–H groups in total. The van der Waals surface area contributed by atoms with E-state index in [-0.39, 0.29) is 16.4 Å². The van der Waals surface area contributed by atoms with Gasteiger partial charge in [-0.1, -0.05) is 58.9 Å². The van der Waals surface area contributed by atoms with Crippen LogP contribution < -0.4 is 11.1 Å². The Labute approximate surface area is 248 Å². The minimum atomic E-state index is -0.858. The zero-order valence-electron chi connectivity index (χ0n) is 26.3. The van der Waals surface area contributed by atoms with E-state index in [0.717, 1.165) is 24.8 Å². The number of nitrogens with two attached hydrogens (primary N) is 1. The third kappa shape index (κ3) is 3.95. The summed E-state index contributed by atoms with van der Waals surface area (Å²) in [6.45, 7) is 19.0. The minimum Gasteiger partial charge on any atom is -0.478 e. The molecule has 1 aromatic carbocycles. The van der Waals surface area contributed by atoms with Gasteiger partial charge in [-0.25, -0.2) is 4.79 Å². The largest absolute Gasteiger partial charge is 0.478 e. The number of aromatic carboxylic acids is 1. The second-order valence-electron chi connectivity index (χ2n) is 15.9. The van der Waals surface area contributed by atoms with Crippen LogP contribution in [0.15, 0.2) is 43.0 Å². The maximum Gasteiger partial charge on any atom is 0.335 e. The standard InChI is InChI=1S/C37H54N2O2/c1-7-24-14-19-37(39-23-22-38)21-20-35(5)28(31(24)37)12-13-30-34(4)17-15-27(25-8-10-26(11-9-25)32(40)41)33(2,3)29(34)16-18-36(30,35)6/h7-11,15,24,28-31,39H,1,12-14,16-23,38H2,2-6H3,(H,40,41)/t24-,28-,29+,30-,31-,34+,35-,36-,37+/m1/s1. The average molecular weight is 559 g/mol. The smallest absolute Gasteiger partial charge is 0.335 e. The predicted molar refractivity (Wildman–Crippen MR) is 168 cm³/mol. The molecule has 0 amide bonds. The van der Waals surface area contributed by atoms with Gasteiger partial charge in [0.05, 0.1) is 5.56 Å². The zero-order valence-corrected chi connectivity index (χ0v) is 26.3. The summed E-state index contributed by atoms with van der Waals surface area (Å²) < 4.78 is 0. The first-order chi connectivity index (χ1) is 19.4. The topological polar surface area (TPSA) is 75.3 Å². The monoisotopic (exact) mass is 558 g/mol. The highest BCUT2D eigenvalue weighted by molar-refractivity contribution is 5.88. The van der Waals surface area contributed by atoms with Gasteiger partial charge in [-0.3, -0.25) is 0 Å². The summed E-state index contributed by atoms with van der Waals surface area (Å²) in [6.07, 6.45) is 16.4. The molecule has 6 rings (SSSR count). The number of carbonyl (C=O) groups is 1. The highest BCUT2D eigenvalue weighted by Gasteiger charge is 2.70. The fraction of sp³-hybridized carbons (Fsp3) is 0.703. The van der Waals surface area contributed by atoms with Crippen molar-refractivity contribution in [2.45, 2.75) is 97.9 Å². The number of carboxylic acid groups (broad SMARTS) is 1. The van der Waals surface area contributed by atoms with E-state index < -0.39 is 5.97 Å². The van der Waals surface area contributed by atoms with E-state index in [1.807, 2.05) is 12.1 Å². The molecule has 1 aromatic rings. The van der Waals surface area contributed by atoms with E-state index in [4.69, 9.17) is 5.73 Å². The summed E-state index contributed by atoms with van der Waals surface area (Å²) in [5.74, 6) is 2.51. The number of benzene rings is 1. The average Bonchev–Trinajstić information content (AvgIpc) is 3.31. The first-order valence-electron chi connectivity index (χ1n) is 16.5. The van der Waals surface area contributed by atoms with Crippen molar-refractivity contribution >= 4 is 11.5 Å². The third-order valence-electron chi connectivity index (χ3n) is 14.4. The van der Waals surface area contributed by atoms with Gasteiger partial charge in [0, 0.05) is 18.6 Å². The van der Waals surface area contributed by atoms with Crippen molar-refractivity contribution < 1.29 is 9.90 Å². The summed E-state index contributed by atoms with van der Waals surface area (Å²) in [6, 6.07) is 7.61. The van der Waals surface area contributed by atoms with Crippen molar-refractivity contribution in [1.29, 1.82) is 0 Å². The van der Waals surface area contributed by atoms with Crippen molar-refractivity contribution in [2.24, 2.45) is 57.0 Å². The number of fused-ring (bicyclic) bond motifs is 7. The van der Waals surface area contributed by atoms with Gasteiger partial charge in [0.25, 0.3) is 0 Å². The van der Waals surface area contributed by atoms with Gasteiger partial charge in [0.15, 0.2) is 0 Å². The van der Waals surface area contributed by atoms with Crippen LogP contribution in [-0.4, -0.2) is 29.7 Å². The van der Waals surface area contributed by atoms with Gasteiger partial charge >= 0.3 is 5.97 Å². The van der Waals surface area contributed by atoms with Gasteiger partial charge in [-0.15, -0.1) is 6.58 Å². The molecule has 9 atom stereocenters. The maximum absolute atomic E-state index is 11.5. The molecular formula is C37H54N2O2. The lowest BCUT2D eigenvalue weighted by molar-refractivity contribution is -0.219. The molecule has 0 heterocycles. The Hall–Kier alpha value is -1.91. The molecule has 0 aromatic heterocycles. The molecule has 5 aliphatic rings.